The summed E-state index contributed by atoms with van der Waals surface area (Å²) in [6.07, 6.45) is 4.04. The Balaban J connectivity index is 1.34. The van der Waals surface area contributed by atoms with Gasteiger partial charge < -0.3 is 14.0 Å². The van der Waals surface area contributed by atoms with E-state index in [0.29, 0.717) is 35.6 Å². The second-order valence-electron chi connectivity index (χ2n) is 8.44. The molecule has 1 saturated heterocycles. The Morgan fingerprint density at radius 3 is 2.57 bits per heavy atom. The standard InChI is InChI=1S/C21H24F3N2O3P/c22-21(23)28-18-4-2-1-3-16(18)19-17(20(29-25-19)12-5-6-12)11-27-15-7-13-9-26(30-24)10-14(13)8-15/h1-4,12-15,21,30H,5-11H2/t13-,14?,15?/m0/s1. The van der Waals surface area contributed by atoms with Gasteiger partial charge in [-0.3, -0.25) is 4.67 Å². The van der Waals surface area contributed by atoms with Crippen molar-refractivity contribution in [3.63, 3.8) is 0 Å². The summed E-state index contributed by atoms with van der Waals surface area (Å²) in [6.45, 7) is -0.970. The fraction of sp³-hybridized carbons (Fsp3) is 0.571. The lowest BCUT2D eigenvalue weighted by molar-refractivity contribution is -0.0494. The number of nitrogens with zero attached hydrogens (tertiary/aromatic N) is 2. The third-order valence-electron chi connectivity index (χ3n) is 6.42. The summed E-state index contributed by atoms with van der Waals surface area (Å²) in [5.41, 5.74) is 1.82. The number of rotatable bonds is 8. The van der Waals surface area contributed by atoms with Crippen LogP contribution in [0.4, 0.5) is 13.0 Å². The molecule has 2 saturated carbocycles. The summed E-state index contributed by atoms with van der Waals surface area (Å²) in [7, 11) is -0.617. The number of ether oxygens (including phenoxy) is 2. The first-order valence-corrected chi connectivity index (χ1v) is 11.2. The molecule has 5 nitrogen and oxygen atoms in total. The number of aromatic nitrogens is 1. The van der Waals surface area contributed by atoms with Crippen molar-refractivity contribution in [2.75, 3.05) is 13.1 Å². The number of halogens is 3. The lowest BCUT2D eigenvalue weighted by atomic mass is 10.0. The van der Waals surface area contributed by atoms with E-state index in [1.807, 2.05) is 4.67 Å². The van der Waals surface area contributed by atoms with E-state index >= 15 is 0 Å². The van der Waals surface area contributed by atoms with E-state index in [1.165, 1.54) is 6.07 Å². The van der Waals surface area contributed by atoms with Crippen LogP contribution >= 0.6 is 9.04 Å². The molecule has 0 radical (unpaired) electrons. The molecule has 1 aromatic carbocycles. The molecule has 5 rings (SSSR count). The Morgan fingerprint density at radius 1 is 1.17 bits per heavy atom. The highest BCUT2D eigenvalue weighted by Crippen LogP contribution is 2.47. The van der Waals surface area contributed by atoms with Crippen molar-refractivity contribution in [2.24, 2.45) is 11.8 Å². The number of fused-ring (bicyclic) bond motifs is 1. The normalized spacial score (nSPS) is 26.9. The van der Waals surface area contributed by atoms with Crippen LogP contribution in [0, 0.1) is 11.8 Å². The van der Waals surface area contributed by atoms with Gasteiger partial charge >= 0.3 is 6.61 Å². The van der Waals surface area contributed by atoms with Crippen molar-refractivity contribution in [3.8, 4) is 17.0 Å². The van der Waals surface area contributed by atoms with Crippen molar-refractivity contribution in [1.29, 1.82) is 0 Å². The first-order valence-electron chi connectivity index (χ1n) is 10.4. The van der Waals surface area contributed by atoms with Crippen LogP contribution in [-0.2, 0) is 11.3 Å². The SMILES string of the molecule is FPN1CC2CC(OCc3c(-c4ccccc4OC(F)F)noc3C3CC3)C[C@H]2C1. The third-order valence-corrected chi connectivity index (χ3v) is 7.02. The molecule has 0 spiro atoms. The number of para-hydroxylation sites is 1. The van der Waals surface area contributed by atoms with Crippen LogP contribution in [0.25, 0.3) is 11.3 Å². The number of hydrogen-bond donors (Lipinski definition) is 0. The largest absolute Gasteiger partial charge is 0.434 e. The van der Waals surface area contributed by atoms with Crippen LogP contribution in [-0.4, -0.2) is 35.6 Å². The smallest absolute Gasteiger partial charge is 0.387 e. The molecule has 2 heterocycles. The van der Waals surface area contributed by atoms with E-state index in [-0.39, 0.29) is 11.9 Å². The van der Waals surface area contributed by atoms with E-state index in [9.17, 15) is 13.0 Å². The maximum atomic E-state index is 12.9. The second kappa shape index (κ2) is 8.48. The molecule has 4 atom stereocenters. The van der Waals surface area contributed by atoms with Gasteiger partial charge in [0.25, 0.3) is 0 Å². The molecular weight excluding hydrogens is 416 g/mol. The van der Waals surface area contributed by atoms with Gasteiger partial charge in [-0.2, -0.15) is 8.78 Å². The molecule has 1 aliphatic heterocycles. The molecule has 3 fully saturated rings. The van der Waals surface area contributed by atoms with Crippen LogP contribution in [0.1, 0.15) is 42.9 Å². The molecule has 2 aliphatic carbocycles. The number of hydrogen-bond acceptors (Lipinski definition) is 5. The van der Waals surface area contributed by atoms with Crippen molar-refractivity contribution in [3.05, 3.63) is 35.6 Å². The van der Waals surface area contributed by atoms with Crippen LogP contribution in [0.5, 0.6) is 5.75 Å². The molecule has 30 heavy (non-hydrogen) atoms. The highest BCUT2D eigenvalue weighted by Gasteiger charge is 2.42. The molecule has 3 unspecified atom stereocenters. The summed E-state index contributed by atoms with van der Waals surface area (Å²) >= 11 is 0. The molecule has 0 bridgehead atoms. The van der Waals surface area contributed by atoms with Crippen LogP contribution in [0.3, 0.4) is 0 Å². The predicted molar refractivity (Wildman–Crippen MR) is 106 cm³/mol. The van der Waals surface area contributed by atoms with Crippen molar-refractivity contribution in [1.82, 2.24) is 9.83 Å². The zero-order valence-corrected chi connectivity index (χ0v) is 17.4. The van der Waals surface area contributed by atoms with Gasteiger partial charge in [-0.25, -0.2) is 4.20 Å². The highest BCUT2D eigenvalue weighted by atomic mass is 31.1. The van der Waals surface area contributed by atoms with Gasteiger partial charge in [0.05, 0.1) is 12.7 Å². The quantitative estimate of drug-likeness (QED) is 0.506. The average Bonchev–Trinajstić information content (AvgIpc) is 3.20. The minimum atomic E-state index is -2.91. The molecular formula is C21H24F3N2O3P. The van der Waals surface area contributed by atoms with Gasteiger partial charge in [-0.1, -0.05) is 17.3 Å². The first-order chi connectivity index (χ1) is 14.6. The lowest BCUT2D eigenvalue weighted by Gasteiger charge is -2.16. The molecule has 3 aliphatic rings. The molecule has 2 aromatic rings. The fourth-order valence-corrected chi connectivity index (χ4v) is 5.46. The second-order valence-corrected chi connectivity index (χ2v) is 9.24. The summed E-state index contributed by atoms with van der Waals surface area (Å²) in [5, 5.41) is 4.21. The van der Waals surface area contributed by atoms with E-state index in [4.69, 9.17) is 14.0 Å². The molecule has 9 heteroatoms. The summed E-state index contributed by atoms with van der Waals surface area (Å²) in [5.74, 6) is 2.16. The topological polar surface area (TPSA) is 47.7 Å². The predicted octanol–water partition coefficient (Wildman–Crippen LogP) is 5.53. The van der Waals surface area contributed by atoms with E-state index < -0.39 is 15.7 Å². The van der Waals surface area contributed by atoms with E-state index in [2.05, 4.69) is 5.16 Å². The van der Waals surface area contributed by atoms with Gasteiger partial charge in [0.15, 0.2) is 0 Å². The Morgan fingerprint density at radius 2 is 1.90 bits per heavy atom. The van der Waals surface area contributed by atoms with Crippen molar-refractivity contribution < 1.29 is 27.0 Å². The lowest BCUT2D eigenvalue weighted by Crippen LogP contribution is -2.16. The zero-order chi connectivity index (χ0) is 20.7. The zero-order valence-electron chi connectivity index (χ0n) is 16.4. The monoisotopic (exact) mass is 440 g/mol. The minimum absolute atomic E-state index is 0.0759. The minimum Gasteiger partial charge on any atom is -0.434 e. The maximum Gasteiger partial charge on any atom is 0.387 e. The van der Waals surface area contributed by atoms with Crippen molar-refractivity contribution in [2.45, 2.75) is 50.9 Å². The first kappa shape index (κ1) is 20.3. The molecule has 0 N–H and O–H groups in total. The van der Waals surface area contributed by atoms with Gasteiger partial charge in [-0.15, -0.1) is 0 Å². The number of benzene rings is 1. The van der Waals surface area contributed by atoms with Crippen molar-refractivity contribution >= 4 is 9.04 Å². The molecule has 0 amide bonds. The number of alkyl halides is 2. The van der Waals surface area contributed by atoms with Crippen LogP contribution in [0.2, 0.25) is 0 Å². The molecule has 1 aromatic heterocycles. The fourth-order valence-electron chi connectivity index (χ4n) is 4.85. The maximum absolute atomic E-state index is 12.9. The molecule has 162 valence electrons. The average molecular weight is 440 g/mol. The summed E-state index contributed by atoms with van der Waals surface area (Å²) in [6, 6.07) is 6.63. The van der Waals surface area contributed by atoms with Gasteiger partial charge in [-0.05, 0) is 49.7 Å². The van der Waals surface area contributed by atoms with Crippen LogP contribution in [0.15, 0.2) is 28.8 Å². The van der Waals surface area contributed by atoms with Gasteiger partial charge in [0.2, 0.25) is 0 Å². The Hall–Kier alpha value is -1.63. The summed E-state index contributed by atoms with van der Waals surface area (Å²) < 4.78 is 57.1. The van der Waals surface area contributed by atoms with Crippen LogP contribution < -0.4 is 4.74 Å². The van der Waals surface area contributed by atoms with E-state index in [0.717, 1.165) is 50.1 Å². The van der Waals surface area contributed by atoms with Gasteiger partial charge in [0, 0.05) is 30.1 Å². The van der Waals surface area contributed by atoms with Gasteiger partial charge in [0.1, 0.15) is 26.2 Å². The Bertz CT molecular complexity index is 878. The third kappa shape index (κ3) is 4.10. The van der Waals surface area contributed by atoms with E-state index in [1.54, 1.807) is 18.2 Å². The Kier molecular flexibility index (Phi) is 5.73. The highest BCUT2D eigenvalue weighted by molar-refractivity contribution is 7.28. The summed E-state index contributed by atoms with van der Waals surface area (Å²) in [4.78, 5) is 0. The Labute approximate surface area is 174 Å².